The molecule has 0 aliphatic carbocycles. The van der Waals surface area contributed by atoms with Crippen molar-refractivity contribution in [2.45, 2.75) is 51.6 Å². The molecule has 1 aromatic rings. The second-order valence-corrected chi connectivity index (χ2v) is 6.32. The summed E-state index contributed by atoms with van der Waals surface area (Å²) in [5, 5.41) is 15.9. The lowest BCUT2D eigenvalue weighted by molar-refractivity contribution is 0.146. The van der Waals surface area contributed by atoms with E-state index in [1.165, 1.54) is 5.56 Å². The minimum atomic E-state index is -0.965. The molecule has 1 heterocycles. The molecule has 1 fully saturated rings. The Morgan fingerprint density at radius 1 is 1.38 bits per heavy atom. The van der Waals surface area contributed by atoms with E-state index in [0.717, 1.165) is 54.8 Å². The van der Waals surface area contributed by atoms with E-state index in [1.54, 1.807) is 0 Å². The molecule has 1 aliphatic rings. The minimum absolute atomic E-state index is 0.495. The predicted octanol–water partition coefficient (Wildman–Crippen LogP) is 3.63. The molecule has 0 spiro atoms. The van der Waals surface area contributed by atoms with Gasteiger partial charge in [-0.15, -0.1) is 0 Å². The lowest BCUT2D eigenvalue weighted by atomic mass is 9.90. The zero-order chi connectivity index (χ0) is 15.5. The Kier molecular flexibility index (Phi) is 5.12. The number of halogens is 1. The quantitative estimate of drug-likeness (QED) is 0.796. The van der Waals surface area contributed by atoms with Gasteiger partial charge in [-0.2, -0.15) is 0 Å². The predicted molar refractivity (Wildman–Crippen MR) is 85.0 cm³/mol. The summed E-state index contributed by atoms with van der Waals surface area (Å²) in [6.07, 6.45) is 3.60. The summed E-state index contributed by atoms with van der Waals surface area (Å²) in [5.41, 5.74) is 2.85. The van der Waals surface area contributed by atoms with Crippen LogP contribution in [0.2, 0.25) is 5.02 Å². The van der Waals surface area contributed by atoms with Gasteiger partial charge >= 0.3 is 6.09 Å². The van der Waals surface area contributed by atoms with Gasteiger partial charge in [-0.1, -0.05) is 23.7 Å². The van der Waals surface area contributed by atoms with Crippen LogP contribution in [0.3, 0.4) is 0 Å². The molecule has 1 aliphatic heterocycles. The van der Waals surface area contributed by atoms with Crippen molar-refractivity contribution >= 4 is 17.7 Å². The summed E-state index contributed by atoms with van der Waals surface area (Å²) >= 11 is 6.19. The van der Waals surface area contributed by atoms with Gasteiger partial charge in [0.25, 0.3) is 0 Å². The van der Waals surface area contributed by atoms with Gasteiger partial charge in [0.15, 0.2) is 0 Å². The fourth-order valence-electron chi connectivity index (χ4n) is 3.09. The average Bonchev–Trinajstić information content (AvgIpc) is 2.43. The van der Waals surface area contributed by atoms with Crippen LogP contribution >= 0.6 is 11.6 Å². The topological polar surface area (TPSA) is 61.4 Å². The number of hydrogen-bond donors (Lipinski definition) is 3. The highest BCUT2D eigenvalue weighted by Crippen LogP contribution is 2.26. The van der Waals surface area contributed by atoms with Crippen molar-refractivity contribution in [2.24, 2.45) is 0 Å². The molecular formula is C16H23ClN2O2. The molecule has 2 rings (SSSR count). The van der Waals surface area contributed by atoms with Gasteiger partial charge in [0, 0.05) is 5.02 Å². The van der Waals surface area contributed by atoms with Crippen LogP contribution in [0, 0.1) is 13.8 Å². The van der Waals surface area contributed by atoms with Gasteiger partial charge in [-0.3, -0.25) is 5.32 Å². The van der Waals surface area contributed by atoms with Crippen molar-refractivity contribution in [2.75, 3.05) is 6.54 Å². The molecule has 0 saturated carbocycles. The zero-order valence-electron chi connectivity index (χ0n) is 12.6. The van der Waals surface area contributed by atoms with Crippen LogP contribution in [0.1, 0.15) is 42.4 Å². The SMILES string of the molecule is Cc1cc(CCC2(NC(=O)O)CCCCN2)cc(C)c1Cl. The highest BCUT2D eigenvalue weighted by Gasteiger charge is 2.32. The number of hydrogen-bond acceptors (Lipinski definition) is 2. The Balaban J connectivity index is 2.09. The maximum Gasteiger partial charge on any atom is 0.406 e. The lowest BCUT2D eigenvalue weighted by Gasteiger charge is -2.38. The van der Waals surface area contributed by atoms with Crippen molar-refractivity contribution in [3.8, 4) is 0 Å². The highest BCUT2D eigenvalue weighted by atomic mass is 35.5. The molecule has 0 radical (unpaired) electrons. The number of benzene rings is 1. The van der Waals surface area contributed by atoms with Gasteiger partial charge in [0.1, 0.15) is 0 Å². The Bertz CT molecular complexity index is 502. The van der Waals surface area contributed by atoms with Gasteiger partial charge in [0.2, 0.25) is 0 Å². The van der Waals surface area contributed by atoms with E-state index in [1.807, 2.05) is 13.8 Å². The van der Waals surface area contributed by atoms with Crippen molar-refractivity contribution in [3.63, 3.8) is 0 Å². The van der Waals surface area contributed by atoms with Gasteiger partial charge in [-0.05, 0) is 69.2 Å². The molecule has 21 heavy (non-hydrogen) atoms. The standard InChI is InChI=1S/C16H23ClN2O2/c1-11-9-13(10-12(2)14(11)17)5-7-16(19-15(20)21)6-3-4-8-18-16/h9-10,18-19H,3-8H2,1-2H3,(H,20,21). The van der Waals surface area contributed by atoms with Crippen molar-refractivity contribution in [1.29, 1.82) is 0 Å². The van der Waals surface area contributed by atoms with E-state index in [9.17, 15) is 4.79 Å². The number of aryl methyl sites for hydroxylation is 3. The molecule has 1 saturated heterocycles. The lowest BCUT2D eigenvalue weighted by Crippen LogP contribution is -2.60. The molecule has 1 amide bonds. The Morgan fingerprint density at radius 3 is 2.57 bits per heavy atom. The Hall–Kier alpha value is -1.26. The fraction of sp³-hybridized carbons (Fsp3) is 0.562. The molecule has 0 bridgehead atoms. The number of piperidine rings is 1. The average molecular weight is 311 g/mol. The van der Waals surface area contributed by atoms with Crippen LogP contribution in [0.25, 0.3) is 0 Å². The first-order chi connectivity index (χ1) is 9.92. The molecule has 3 N–H and O–H groups in total. The van der Waals surface area contributed by atoms with Crippen LogP contribution < -0.4 is 10.6 Å². The van der Waals surface area contributed by atoms with Gasteiger partial charge in [0.05, 0.1) is 5.66 Å². The normalized spacial score (nSPS) is 22.0. The second-order valence-electron chi connectivity index (χ2n) is 5.94. The number of nitrogens with one attached hydrogen (secondary N) is 2. The monoisotopic (exact) mass is 310 g/mol. The molecule has 5 heteroatoms. The molecular weight excluding hydrogens is 288 g/mol. The molecule has 1 aromatic carbocycles. The molecule has 4 nitrogen and oxygen atoms in total. The van der Waals surface area contributed by atoms with E-state index < -0.39 is 11.8 Å². The number of rotatable bonds is 4. The molecule has 1 unspecified atom stereocenters. The Morgan fingerprint density at radius 2 is 2.05 bits per heavy atom. The molecule has 116 valence electrons. The number of carbonyl (C=O) groups is 1. The summed E-state index contributed by atoms with van der Waals surface area (Å²) in [6.45, 7) is 4.87. The van der Waals surface area contributed by atoms with E-state index in [4.69, 9.17) is 16.7 Å². The Labute approximate surface area is 130 Å². The second kappa shape index (κ2) is 6.67. The molecule has 1 atom stereocenters. The fourth-order valence-corrected chi connectivity index (χ4v) is 3.20. The van der Waals surface area contributed by atoms with Crippen LogP contribution in [-0.4, -0.2) is 23.4 Å². The summed E-state index contributed by atoms with van der Waals surface area (Å²) < 4.78 is 0. The first-order valence-electron chi connectivity index (χ1n) is 7.44. The minimum Gasteiger partial charge on any atom is -0.465 e. The van der Waals surface area contributed by atoms with E-state index >= 15 is 0 Å². The summed E-state index contributed by atoms with van der Waals surface area (Å²) in [7, 11) is 0. The first kappa shape index (κ1) is 16.1. The van der Waals surface area contributed by atoms with E-state index in [0.29, 0.717) is 0 Å². The third kappa shape index (κ3) is 4.11. The molecule has 0 aromatic heterocycles. The van der Waals surface area contributed by atoms with Crippen molar-refractivity contribution < 1.29 is 9.90 Å². The third-order valence-corrected chi connectivity index (χ3v) is 4.77. The zero-order valence-corrected chi connectivity index (χ0v) is 13.4. The maximum absolute atomic E-state index is 11.1. The maximum atomic E-state index is 11.1. The first-order valence-corrected chi connectivity index (χ1v) is 7.81. The van der Waals surface area contributed by atoms with E-state index in [2.05, 4.69) is 22.8 Å². The summed E-state index contributed by atoms with van der Waals surface area (Å²) in [6, 6.07) is 4.18. The van der Waals surface area contributed by atoms with Gasteiger partial charge in [-0.25, -0.2) is 4.79 Å². The number of amides is 1. The van der Waals surface area contributed by atoms with Crippen LogP contribution in [0.5, 0.6) is 0 Å². The third-order valence-electron chi connectivity index (χ3n) is 4.18. The van der Waals surface area contributed by atoms with Crippen LogP contribution in [0.4, 0.5) is 4.79 Å². The van der Waals surface area contributed by atoms with Crippen molar-refractivity contribution in [3.05, 3.63) is 33.8 Å². The van der Waals surface area contributed by atoms with E-state index in [-0.39, 0.29) is 0 Å². The number of carboxylic acid groups (broad SMARTS) is 1. The van der Waals surface area contributed by atoms with Crippen LogP contribution in [-0.2, 0) is 6.42 Å². The van der Waals surface area contributed by atoms with Crippen LogP contribution in [0.15, 0.2) is 12.1 Å². The highest BCUT2D eigenvalue weighted by molar-refractivity contribution is 6.32. The largest absolute Gasteiger partial charge is 0.465 e. The summed E-state index contributed by atoms with van der Waals surface area (Å²) in [4.78, 5) is 11.1. The summed E-state index contributed by atoms with van der Waals surface area (Å²) in [5.74, 6) is 0. The smallest absolute Gasteiger partial charge is 0.406 e. The van der Waals surface area contributed by atoms with Gasteiger partial charge < -0.3 is 10.4 Å². The van der Waals surface area contributed by atoms with Crippen molar-refractivity contribution in [1.82, 2.24) is 10.6 Å².